The normalized spacial score (nSPS) is 20.6. The summed E-state index contributed by atoms with van der Waals surface area (Å²) in [6, 6.07) is 5.40. The van der Waals surface area contributed by atoms with E-state index in [0.717, 1.165) is 36.2 Å². The highest BCUT2D eigenvalue weighted by atomic mass is 79.9. The Balaban J connectivity index is 1.87. The van der Waals surface area contributed by atoms with Gasteiger partial charge in [0.15, 0.2) is 0 Å². The van der Waals surface area contributed by atoms with E-state index in [1.54, 1.807) is 18.2 Å². The van der Waals surface area contributed by atoms with Crippen molar-refractivity contribution in [3.05, 3.63) is 38.3 Å². The smallest absolute Gasteiger partial charge is 0.270 e. The monoisotopic (exact) mass is 356 g/mol. The van der Waals surface area contributed by atoms with Crippen molar-refractivity contribution >= 4 is 21.6 Å². The fourth-order valence-corrected chi connectivity index (χ4v) is 3.00. The highest BCUT2D eigenvalue weighted by Gasteiger charge is 2.21. The van der Waals surface area contributed by atoms with E-state index in [-0.39, 0.29) is 10.6 Å². The number of rotatable bonds is 5. The lowest BCUT2D eigenvalue weighted by Gasteiger charge is -2.37. The maximum absolute atomic E-state index is 10.7. The van der Waals surface area contributed by atoms with Crippen LogP contribution in [0.4, 0.5) is 5.69 Å². The SMILES string of the molecule is CN1CCN(C)C(CNCc2ccc([N+](=O)[O-])cc2Br)C1. The second-order valence-electron chi connectivity index (χ2n) is 5.56. The molecule has 1 aliphatic rings. The number of hydrogen-bond acceptors (Lipinski definition) is 5. The minimum atomic E-state index is -0.380. The van der Waals surface area contributed by atoms with Gasteiger partial charge < -0.3 is 10.2 Å². The summed E-state index contributed by atoms with van der Waals surface area (Å²) in [5, 5.41) is 14.2. The molecule has 7 heteroatoms. The predicted octanol–water partition coefficient (Wildman–Crippen LogP) is 1.69. The number of nitrogens with zero attached hydrogens (tertiary/aromatic N) is 3. The van der Waals surface area contributed by atoms with Crippen LogP contribution in [0.15, 0.2) is 22.7 Å². The molecule has 116 valence electrons. The molecule has 0 spiro atoms. The first-order chi connectivity index (χ1) is 9.97. The van der Waals surface area contributed by atoms with Crippen molar-refractivity contribution in [1.29, 1.82) is 0 Å². The number of benzene rings is 1. The van der Waals surface area contributed by atoms with Gasteiger partial charge in [-0.25, -0.2) is 0 Å². The highest BCUT2D eigenvalue weighted by Crippen LogP contribution is 2.22. The van der Waals surface area contributed by atoms with E-state index in [9.17, 15) is 10.1 Å². The minimum Gasteiger partial charge on any atom is -0.311 e. The molecule has 0 aliphatic carbocycles. The number of non-ortho nitro benzene ring substituents is 1. The van der Waals surface area contributed by atoms with Crippen LogP contribution >= 0.6 is 15.9 Å². The summed E-state index contributed by atoms with van der Waals surface area (Å²) in [7, 11) is 4.30. The molecule has 1 unspecified atom stereocenters. The van der Waals surface area contributed by atoms with Crippen LogP contribution in [-0.4, -0.2) is 61.0 Å². The van der Waals surface area contributed by atoms with Crippen molar-refractivity contribution in [3.8, 4) is 0 Å². The largest absolute Gasteiger partial charge is 0.311 e. The molecule has 1 aliphatic heterocycles. The average molecular weight is 357 g/mol. The Bertz CT molecular complexity index is 512. The number of piperazine rings is 1. The molecule has 1 saturated heterocycles. The van der Waals surface area contributed by atoms with Crippen LogP contribution in [0.3, 0.4) is 0 Å². The molecular formula is C14H21BrN4O2. The van der Waals surface area contributed by atoms with Crippen molar-refractivity contribution in [3.63, 3.8) is 0 Å². The molecule has 1 atom stereocenters. The second kappa shape index (κ2) is 7.31. The van der Waals surface area contributed by atoms with E-state index in [1.165, 1.54) is 0 Å². The van der Waals surface area contributed by atoms with Crippen LogP contribution in [-0.2, 0) is 6.54 Å². The molecule has 1 fully saturated rings. The molecule has 2 rings (SSSR count). The van der Waals surface area contributed by atoms with Crippen LogP contribution in [0.25, 0.3) is 0 Å². The van der Waals surface area contributed by atoms with Gasteiger partial charge in [0.2, 0.25) is 0 Å². The topological polar surface area (TPSA) is 61.6 Å². The lowest BCUT2D eigenvalue weighted by atomic mass is 10.1. The lowest BCUT2D eigenvalue weighted by molar-refractivity contribution is -0.384. The summed E-state index contributed by atoms with van der Waals surface area (Å²) in [4.78, 5) is 15.0. The molecule has 21 heavy (non-hydrogen) atoms. The van der Waals surface area contributed by atoms with E-state index in [2.05, 4.69) is 45.1 Å². The summed E-state index contributed by atoms with van der Waals surface area (Å²) in [6.07, 6.45) is 0. The van der Waals surface area contributed by atoms with E-state index >= 15 is 0 Å². The Morgan fingerprint density at radius 2 is 2.19 bits per heavy atom. The zero-order chi connectivity index (χ0) is 15.4. The Morgan fingerprint density at radius 3 is 2.86 bits per heavy atom. The van der Waals surface area contributed by atoms with Gasteiger partial charge in [0.25, 0.3) is 5.69 Å². The average Bonchev–Trinajstić information content (AvgIpc) is 2.44. The maximum Gasteiger partial charge on any atom is 0.270 e. The second-order valence-corrected chi connectivity index (χ2v) is 6.41. The van der Waals surface area contributed by atoms with Gasteiger partial charge in [0.1, 0.15) is 0 Å². The van der Waals surface area contributed by atoms with E-state index in [4.69, 9.17) is 0 Å². The van der Waals surface area contributed by atoms with Crippen molar-refractivity contribution in [1.82, 2.24) is 15.1 Å². The Kier molecular flexibility index (Phi) is 5.69. The first-order valence-electron chi connectivity index (χ1n) is 6.99. The number of nitrogens with one attached hydrogen (secondary N) is 1. The first-order valence-corrected chi connectivity index (χ1v) is 7.79. The third-order valence-electron chi connectivity index (χ3n) is 3.92. The number of halogens is 1. The summed E-state index contributed by atoms with van der Waals surface area (Å²) in [5.41, 5.74) is 1.15. The molecule has 1 aromatic carbocycles. The summed E-state index contributed by atoms with van der Waals surface area (Å²) >= 11 is 3.40. The van der Waals surface area contributed by atoms with Gasteiger partial charge in [-0.3, -0.25) is 15.0 Å². The van der Waals surface area contributed by atoms with Crippen molar-refractivity contribution in [2.45, 2.75) is 12.6 Å². The molecule has 0 aromatic heterocycles. The highest BCUT2D eigenvalue weighted by molar-refractivity contribution is 9.10. The number of likely N-dealkylation sites (N-methyl/N-ethyl adjacent to an activating group) is 2. The van der Waals surface area contributed by atoms with E-state index in [0.29, 0.717) is 12.6 Å². The third-order valence-corrected chi connectivity index (χ3v) is 4.66. The lowest BCUT2D eigenvalue weighted by Crippen LogP contribution is -2.53. The predicted molar refractivity (Wildman–Crippen MR) is 86.4 cm³/mol. The zero-order valence-corrected chi connectivity index (χ0v) is 14.0. The van der Waals surface area contributed by atoms with Gasteiger partial charge in [0.05, 0.1) is 4.92 Å². The van der Waals surface area contributed by atoms with Crippen molar-refractivity contribution in [2.75, 3.05) is 40.3 Å². The summed E-state index contributed by atoms with van der Waals surface area (Å²) < 4.78 is 0.776. The van der Waals surface area contributed by atoms with E-state index < -0.39 is 0 Å². The van der Waals surface area contributed by atoms with Crippen molar-refractivity contribution in [2.24, 2.45) is 0 Å². The first kappa shape index (κ1) is 16.4. The molecular weight excluding hydrogens is 336 g/mol. The van der Waals surface area contributed by atoms with Crippen LogP contribution in [0, 0.1) is 10.1 Å². The molecule has 1 N–H and O–H groups in total. The number of hydrogen-bond donors (Lipinski definition) is 1. The Hall–Kier alpha value is -1.02. The van der Waals surface area contributed by atoms with Gasteiger partial charge in [-0.15, -0.1) is 0 Å². The molecule has 0 radical (unpaired) electrons. The van der Waals surface area contributed by atoms with E-state index in [1.807, 2.05) is 0 Å². The zero-order valence-electron chi connectivity index (χ0n) is 12.4. The summed E-state index contributed by atoms with van der Waals surface area (Å²) in [6.45, 7) is 4.87. The summed E-state index contributed by atoms with van der Waals surface area (Å²) in [5.74, 6) is 0. The molecule has 1 aromatic rings. The quantitative estimate of drug-likeness (QED) is 0.642. The van der Waals surface area contributed by atoms with Crippen LogP contribution in [0.2, 0.25) is 0 Å². The Labute approximate surface area is 133 Å². The Morgan fingerprint density at radius 1 is 1.43 bits per heavy atom. The fourth-order valence-electron chi connectivity index (χ4n) is 2.49. The molecule has 1 heterocycles. The minimum absolute atomic E-state index is 0.110. The molecule has 0 bridgehead atoms. The molecule has 0 amide bonds. The molecule has 6 nitrogen and oxygen atoms in total. The van der Waals surface area contributed by atoms with Gasteiger partial charge in [0, 0.05) is 55.4 Å². The third kappa shape index (κ3) is 4.47. The number of nitro benzene ring substituents is 1. The van der Waals surface area contributed by atoms with Crippen LogP contribution in [0.1, 0.15) is 5.56 Å². The van der Waals surface area contributed by atoms with Crippen LogP contribution in [0.5, 0.6) is 0 Å². The van der Waals surface area contributed by atoms with Gasteiger partial charge >= 0.3 is 0 Å². The van der Waals surface area contributed by atoms with Crippen molar-refractivity contribution < 1.29 is 4.92 Å². The van der Waals surface area contributed by atoms with Gasteiger partial charge in [-0.2, -0.15) is 0 Å². The number of nitro groups is 1. The maximum atomic E-state index is 10.7. The van der Waals surface area contributed by atoms with Gasteiger partial charge in [-0.05, 0) is 25.7 Å². The van der Waals surface area contributed by atoms with Gasteiger partial charge in [-0.1, -0.05) is 15.9 Å². The standard InChI is InChI=1S/C14H21BrN4O2/c1-17-5-6-18(2)13(10-17)9-16-8-11-3-4-12(19(20)21)7-14(11)15/h3-4,7,13,16H,5-6,8-10H2,1-2H3. The van der Waals surface area contributed by atoms with Crippen LogP contribution < -0.4 is 5.32 Å². The molecule has 0 saturated carbocycles. The fraction of sp³-hybridized carbons (Fsp3) is 0.571.